The fourth-order valence-electron chi connectivity index (χ4n) is 3.89. The Balaban J connectivity index is 1.30. The first-order valence-electron chi connectivity index (χ1n) is 9.54. The van der Waals surface area contributed by atoms with Crippen molar-refractivity contribution in [3.05, 3.63) is 71.1 Å². The third kappa shape index (κ3) is 3.36. The zero-order chi connectivity index (χ0) is 19.1. The van der Waals surface area contributed by atoms with Crippen molar-refractivity contribution >= 4 is 28.7 Å². The quantitative estimate of drug-likeness (QED) is 0.639. The number of allylic oxidation sites excluding steroid dienone is 1. The number of hydrogen-bond acceptors (Lipinski definition) is 4. The number of benzene rings is 2. The third-order valence-corrected chi connectivity index (χ3v) is 6.70. The van der Waals surface area contributed by atoms with Gasteiger partial charge in [0, 0.05) is 35.8 Å². The maximum atomic E-state index is 10.9. The van der Waals surface area contributed by atoms with E-state index in [0.717, 1.165) is 35.3 Å². The van der Waals surface area contributed by atoms with Gasteiger partial charge in [-0.3, -0.25) is 9.69 Å². The van der Waals surface area contributed by atoms with Gasteiger partial charge >= 0.3 is 5.97 Å². The van der Waals surface area contributed by atoms with Crippen LogP contribution in [0, 0.1) is 5.92 Å². The molecule has 5 heteroatoms. The van der Waals surface area contributed by atoms with Crippen LogP contribution in [0.5, 0.6) is 0 Å². The number of carbonyl (C=O) groups is 1. The highest BCUT2D eigenvalue weighted by Gasteiger charge is 2.32. The second kappa shape index (κ2) is 7.15. The SMILES string of the molecule is O=C(O)C1CN(Cc2ccc(-c3cc4cc(C5CC=CS5)ccc4o3)cc2)C1. The van der Waals surface area contributed by atoms with Crippen LogP contribution in [0.2, 0.25) is 0 Å². The van der Waals surface area contributed by atoms with E-state index in [1.807, 2.05) is 11.8 Å². The van der Waals surface area contributed by atoms with Crippen LogP contribution in [0.25, 0.3) is 22.3 Å². The van der Waals surface area contributed by atoms with Gasteiger partial charge in [-0.15, -0.1) is 11.8 Å². The van der Waals surface area contributed by atoms with E-state index in [0.29, 0.717) is 18.3 Å². The molecule has 28 heavy (non-hydrogen) atoms. The van der Waals surface area contributed by atoms with Crippen molar-refractivity contribution in [3.63, 3.8) is 0 Å². The third-order valence-electron chi connectivity index (χ3n) is 5.55. The Bertz CT molecular complexity index is 1040. The summed E-state index contributed by atoms with van der Waals surface area (Å²) in [6.07, 6.45) is 3.32. The fourth-order valence-corrected chi connectivity index (χ4v) is 4.83. The number of hydrogen-bond donors (Lipinski definition) is 1. The monoisotopic (exact) mass is 391 g/mol. The largest absolute Gasteiger partial charge is 0.481 e. The second-order valence-electron chi connectivity index (χ2n) is 7.57. The molecule has 142 valence electrons. The van der Waals surface area contributed by atoms with E-state index in [2.05, 4.69) is 64.9 Å². The molecule has 2 aromatic carbocycles. The summed E-state index contributed by atoms with van der Waals surface area (Å²) in [7, 11) is 0. The molecule has 1 aromatic heterocycles. The molecule has 0 spiro atoms. The molecule has 4 nitrogen and oxygen atoms in total. The van der Waals surface area contributed by atoms with Gasteiger partial charge in [0.1, 0.15) is 11.3 Å². The molecule has 1 atom stereocenters. The molecule has 5 rings (SSSR count). The average Bonchev–Trinajstić information content (AvgIpc) is 3.33. The number of nitrogens with zero attached hydrogens (tertiary/aromatic N) is 1. The maximum absolute atomic E-state index is 10.9. The minimum atomic E-state index is -0.692. The highest BCUT2D eigenvalue weighted by atomic mass is 32.2. The molecule has 1 fully saturated rings. The first kappa shape index (κ1) is 17.6. The van der Waals surface area contributed by atoms with Gasteiger partial charge in [-0.25, -0.2) is 0 Å². The molecule has 0 aliphatic carbocycles. The minimum Gasteiger partial charge on any atom is -0.481 e. The first-order valence-corrected chi connectivity index (χ1v) is 10.5. The van der Waals surface area contributed by atoms with E-state index >= 15 is 0 Å². The van der Waals surface area contributed by atoms with Crippen LogP contribution in [0.1, 0.15) is 22.8 Å². The number of likely N-dealkylation sites (tertiary alicyclic amines) is 1. The molecule has 0 saturated carbocycles. The summed E-state index contributed by atoms with van der Waals surface area (Å²) in [6, 6.07) is 17.0. The minimum absolute atomic E-state index is 0.210. The number of aliphatic carboxylic acids is 1. The lowest BCUT2D eigenvalue weighted by atomic mass is 9.99. The lowest BCUT2D eigenvalue weighted by Crippen LogP contribution is -2.49. The Morgan fingerprint density at radius 3 is 2.68 bits per heavy atom. The van der Waals surface area contributed by atoms with Crippen molar-refractivity contribution in [2.24, 2.45) is 5.92 Å². The Morgan fingerprint density at radius 2 is 1.96 bits per heavy atom. The zero-order valence-corrected chi connectivity index (χ0v) is 16.2. The van der Waals surface area contributed by atoms with E-state index in [9.17, 15) is 4.79 Å². The van der Waals surface area contributed by atoms with Crippen LogP contribution in [0.4, 0.5) is 0 Å². The van der Waals surface area contributed by atoms with Crippen molar-refractivity contribution in [2.75, 3.05) is 13.1 Å². The van der Waals surface area contributed by atoms with Crippen LogP contribution in [-0.2, 0) is 11.3 Å². The lowest BCUT2D eigenvalue weighted by Gasteiger charge is -2.36. The van der Waals surface area contributed by atoms with Crippen LogP contribution < -0.4 is 0 Å². The summed E-state index contributed by atoms with van der Waals surface area (Å²) >= 11 is 1.87. The Hall–Kier alpha value is -2.50. The smallest absolute Gasteiger partial charge is 0.309 e. The molecule has 3 aromatic rings. The molecule has 1 unspecified atom stereocenters. The highest BCUT2D eigenvalue weighted by Crippen LogP contribution is 2.40. The molecule has 3 heterocycles. The summed E-state index contributed by atoms with van der Waals surface area (Å²) in [4.78, 5) is 13.1. The van der Waals surface area contributed by atoms with Gasteiger partial charge < -0.3 is 9.52 Å². The van der Waals surface area contributed by atoms with Gasteiger partial charge in [0.15, 0.2) is 0 Å². The van der Waals surface area contributed by atoms with Gasteiger partial charge in [0.2, 0.25) is 0 Å². The van der Waals surface area contributed by atoms with E-state index in [1.165, 1.54) is 11.1 Å². The summed E-state index contributed by atoms with van der Waals surface area (Å²) in [5, 5.41) is 12.8. The average molecular weight is 391 g/mol. The first-order chi connectivity index (χ1) is 13.7. The number of furan rings is 1. The van der Waals surface area contributed by atoms with Gasteiger partial charge in [-0.2, -0.15) is 0 Å². The zero-order valence-electron chi connectivity index (χ0n) is 15.4. The molecule has 2 aliphatic heterocycles. The highest BCUT2D eigenvalue weighted by molar-refractivity contribution is 8.02. The van der Waals surface area contributed by atoms with Gasteiger partial charge in [0.25, 0.3) is 0 Å². The van der Waals surface area contributed by atoms with Crippen LogP contribution in [0.15, 0.2) is 64.4 Å². The van der Waals surface area contributed by atoms with Crippen LogP contribution in [0.3, 0.4) is 0 Å². The standard InChI is InChI=1S/C23H21NO3S/c25-23(26)19-13-24(14-19)12-15-3-5-16(6-4-15)21-11-18-10-17(7-8-20(18)27-21)22-2-1-9-28-22/h1,3-11,19,22H,2,12-14H2,(H,25,26). The number of carboxylic acids is 1. The predicted molar refractivity (Wildman–Crippen MR) is 112 cm³/mol. The van der Waals surface area contributed by atoms with Crippen molar-refractivity contribution < 1.29 is 14.3 Å². The number of thioether (sulfide) groups is 1. The van der Waals surface area contributed by atoms with Crippen molar-refractivity contribution in [1.29, 1.82) is 0 Å². The molecule has 1 N–H and O–H groups in total. The molecular formula is C23H21NO3S. The van der Waals surface area contributed by atoms with Crippen molar-refractivity contribution in [3.8, 4) is 11.3 Å². The summed E-state index contributed by atoms with van der Waals surface area (Å²) in [5.74, 6) is -0.0219. The van der Waals surface area contributed by atoms with Gasteiger partial charge in [-0.05, 0) is 41.2 Å². The number of carboxylic acid groups (broad SMARTS) is 1. The number of rotatable bonds is 5. The Morgan fingerprint density at radius 1 is 1.14 bits per heavy atom. The summed E-state index contributed by atoms with van der Waals surface area (Å²) < 4.78 is 6.07. The summed E-state index contributed by atoms with van der Waals surface area (Å²) in [6.45, 7) is 2.07. The second-order valence-corrected chi connectivity index (χ2v) is 8.68. The normalized spacial score (nSPS) is 19.9. The molecular weight excluding hydrogens is 370 g/mol. The molecule has 0 bridgehead atoms. The molecule has 0 amide bonds. The topological polar surface area (TPSA) is 53.7 Å². The van der Waals surface area contributed by atoms with E-state index in [-0.39, 0.29) is 5.92 Å². The van der Waals surface area contributed by atoms with Crippen molar-refractivity contribution in [2.45, 2.75) is 18.2 Å². The summed E-state index contributed by atoms with van der Waals surface area (Å²) in [5.41, 5.74) is 4.51. The van der Waals surface area contributed by atoms with E-state index in [1.54, 1.807) is 0 Å². The Kier molecular flexibility index (Phi) is 4.49. The van der Waals surface area contributed by atoms with E-state index < -0.39 is 5.97 Å². The Labute approximate surface area is 167 Å². The van der Waals surface area contributed by atoms with Crippen LogP contribution >= 0.6 is 11.8 Å². The van der Waals surface area contributed by atoms with Crippen LogP contribution in [-0.4, -0.2) is 29.1 Å². The molecule has 2 aliphatic rings. The predicted octanol–water partition coefficient (Wildman–Crippen LogP) is 5.31. The fraction of sp³-hybridized carbons (Fsp3) is 0.261. The maximum Gasteiger partial charge on any atom is 0.309 e. The molecule has 0 radical (unpaired) electrons. The number of fused-ring (bicyclic) bond motifs is 1. The van der Waals surface area contributed by atoms with Gasteiger partial charge in [0.05, 0.1) is 5.92 Å². The lowest BCUT2D eigenvalue weighted by molar-refractivity contribution is -0.147. The van der Waals surface area contributed by atoms with Crippen molar-refractivity contribution in [1.82, 2.24) is 4.90 Å². The van der Waals surface area contributed by atoms with E-state index in [4.69, 9.17) is 9.52 Å². The van der Waals surface area contributed by atoms with Gasteiger partial charge in [-0.1, -0.05) is 36.4 Å². The molecule has 1 saturated heterocycles.